The Hall–Kier alpha value is -0.575. The zero-order valence-corrected chi connectivity index (χ0v) is 14.8. The molecule has 0 spiro atoms. The van der Waals surface area contributed by atoms with Gasteiger partial charge in [-0.3, -0.25) is 0 Å². The van der Waals surface area contributed by atoms with Crippen molar-refractivity contribution in [1.29, 1.82) is 0 Å². The summed E-state index contributed by atoms with van der Waals surface area (Å²) in [5.41, 5.74) is 3.78. The van der Waals surface area contributed by atoms with Gasteiger partial charge in [0, 0.05) is 4.47 Å². The van der Waals surface area contributed by atoms with Crippen molar-refractivity contribution in [2.75, 3.05) is 0 Å². The lowest BCUT2D eigenvalue weighted by Crippen LogP contribution is -2.41. The molecule has 1 aromatic carbocycles. The van der Waals surface area contributed by atoms with Gasteiger partial charge >= 0.3 is 7.12 Å². The summed E-state index contributed by atoms with van der Waals surface area (Å²) in [6.07, 6.45) is 3.19. The highest BCUT2D eigenvalue weighted by Gasteiger charge is 2.50. The Balaban J connectivity index is 1.76. The molecular formula is C17H22BBrO2. The van der Waals surface area contributed by atoms with Crippen LogP contribution in [0.1, 0.15) is 45.2 Å². The Morgan fingerprint density at radius 3 is 2.38 bits per heavy atom. The molecule has 0 amide bonds. The highest BCUT2D eigenvalue weighted by Crippen LogP contribution is 2.38. The maximum Gasteiger partial charge on any atom is 0.487 e. The Morgan fingerprint density at radius 1 is 1.05 bits per heavy atom. The molecule has 0 bridgehead atoms. The van der Waals surface area contributed by atoms with Gasteiger partial charge in [0.25, 0.3) is 0 Å². The molecule has 21 heavy (non-hydrogen) atoms. The van der Waals surface area contributed by atoms with E-state index in [1.807, 2.05) is 0 Å². The average Bonchev–Trinajstić information content (AvgIpc) is 2.57. The number of allylic oxidation sites excluding steroid dienone is 1. The molecule has 1 aliphatic carbocycles. The van der Waals surface area contributed by atoms with E-state index in [-0.39, 0.29) is 18.3 Å². The van der Waals surface area contributed by atoms with E-state index in [0.29, 0.717) is 0 Å². The third kappa shape index (κ3) is 2.99. The molecule has 0 radical (unpaired) electrons. The fourth-order valence-corrected chi connectivity index (χ4v) is 3.33. The van der Waals surface area contributed by atoms with Gasteiger partial charge in [-0.15, -0.1) is 0 Å². The van der Waals surface area contributed by atoms with E-state index in [1.54, 1.807) is 0 Å². The van der Waals surface area contributed by atoms with Crippen LogP contribution in [0.25, 0.3) is 0 Å². The smallest absolute Gasteiger partial charge is 0.400 e. The fraction of sp³-hybridized carbons (Fsp3) is 0.529. The predicted octanol–water partition coefficient (Wildman–Crippen LogP) is 4.50. The molecule has 0 unspecified atom stereocenters. The molecule has 0 aromatic heterocycles. The van der Waals surface area contributed by atoms with E-state index < -0.39 is 0 Å². The quantitative estimate of drug-likeness (QED) is 0.696. The van der Waals surface area contributed by atoms with E-state index in [4.69, 9.17) is 9.31 Å². The van der Waals surface area contributed by atoms with Crippen LogP contribution < -0.4 is 0 Å². The maximum atomic E-state index is 6.07. The minimum absolute atomic E-state index is 0.220. The Labute approximate surface area is 136 Å². The Morgan fingerprint density at radius 2 is 1.71 bits per heavy atom. The molecule has 2 nitrogen and oxygen atoms in total. The molecule has 112 valence electrons. The first-order valence-electron chi connectivity index (χ1n) is 7.59. The summed E-state index contributed by atoms with van der Waals surface area (Å²) in [5.74, 6) is 2.18. The summed E-state index contributed by atoms with van der Waals surface area (Å²) in [6, 6.07) is 6.58. The molecule has 3 rings (SSSR count). The average molecular weight is 349 g/mol. The Bertz CT molecular complexity index is 576. The lowest BCUT2D eigenvalue weighted by atomic mass is 9.80. The zero-order valence-electron chi connectivity index (χ0n) is 13.2. The van der Waals surface area contributed by atoms with Gasteiger partial charge in [0.2, 0.25) is 0 Å². The van der Waals surface area contributed by atoms with E-state index in [2.05, 4.69) is 67.8 Å². The van der Waals surface area contributed by atoms with Crippen LogP contribution >= 0.6 is 15.9 Å². The first-order valence-corrected chi connectivity index (χ1v) is 8.39. The van der Waals surface area contributed by atoms with Crippen LogP contribution in [0.2, 0.25) is 0 Å². The van der Waals surface area contributed by atoms with Crippen molar-refractivity contribution in [2.24, 2.45) is 0 Å². The molecule has 1 fully saturated rings. The third-order valence-electron chi connectivity index (χ3n) is 4.94. The molecule has 2 aliphatic rings. The van der Waals surface area contributed by atoms with Crippen molar-refractivity contribution in [3.63, 3.8) is 0 Å². The third-order valence-corrected chi connectivity index (χ3v) is 5.44. The summed E-state index contributed by atoms with van der Waals surface area (Å²) >= 11 is 3.55. The number of aryl methyl sites for hydroxylation is 1. The highest BCUT2D eigenvalue weighted by atomic mass is 79.9. The van der Waals surface area contributed by atoms with Crippen LogP contribution in [0, 0.1) is 0 Å². The second kappa shape index (κ2) is 5.25. The lowest BCUT2D eigenvalue weighted by Gasteiger charge is -2.32. The molecule has 1 aromatic rings. The molecule has 1 aliphatic heterocycles. The molecule has 0 N–H and O–H groups in total. The monoisotopic (exact) mass is 348 g/mol. The summed E-state index contributed by atoms with van der Waals surface area (Å²) in [7, 11) is -0.220. The van der Waals surface area contributed by atoms with Crippen LogP contribution in [-0.4, -0.2) is 18.3 Å². The molecular weight excluding hydrogens is 327 g/mol. The minimum atomic E-state index is -0.258. The van der Waals surface area contributed by atoms with Gasteiger partial charge in [-0.05, 0) is 70.2 Å². The van der Waals surface area contributed by atoms with Crippen LogP contribution in [0.3, 0.4) is 0 Å². The van der Waals surface area contributed by atoms with E-state index in [9.17, 15) is 0 Å². The number of halogens is 1. The first kappa shape index (κ1) is 15.3. The normalized spacial score (nSPS) is 25.2. The number of benzene rings is 1. The maximum absolute atomic E-state index is 6.07. The van der Waals surface area contributed by atoms with Crippen molar-refractivity contribution in [2.45, 2.75) is 58.2 Å². The number of hydrogen-bond acceptors (Lipinski definition) is 2. The predicted molar refractivity (Wildman–Crippen MR) is 90.3 cm³/mol. The van der Waals surface area contributed by atoms with Crippen molar-refractivity contribution in [3.05, 3.63) is 45.3 Å². The largest absolute Gasteiger partial charge is 0.487 e. The molecule has 1 saturated heterocycles. The van der Waals surface area contributed by atoms with Crippen molar-refractivity contribution >= 4 is 23.0 Å². The summed E-state index contributed by atoms with van der Waals surface area (Å²) in [4.78, 5) is 0. The van der Waals surface area contributed by atoms with Gasteiger partial charge in [0.1, 0.15) is 0 Å². The molecule has 1 heterocycles. The van der Waals surface area contributed by atoms with E-state index in [1.165, 1.54) is 21.2 Å². The van der Waals surface area contributed by atoms with Crippen LogP contribution in [0.5, 0.6) is 0 Å². The van der Waals surface area contributed by atoms with Crippen LogP contribution in [0.4, 0.5) is 0 Å². The topological polar surface area (TPSA) is 18.5 Å². The standard InChI is InChI=1S/C17H22BBrO2/c1-16(2)17(3,4)21-18(20-16)11-12-5-6-14-10-15(19)8-7-13(14)9-12/h7-8,10-11H,5-6,9H2,1-4H3. The van der Waals surface area contributed by atoms with Crippen LogP contribution in [0.15, 0.2) is 34.2 Å². The minimum Gasteiger partial charge on any atom is -0.400 e. The van der Waals surface area contributed by atoms with E-state index >= 15 is 0 Å². The van der Waals surface area contributed by atoms with Gasteiger partial charge in [-0.2, -0.15) is 0 Å². The second-order valence-corrected chi connectivity index (χ2v) is 7.96. The highest BCUT2D eigenvalue weighted by molar-refractivity contribution is 9.10. The summed E-state index contributed by atoms with van der Waals surface area (Å²) in [6.45, 7) is 8.39. The number of hydrogen-bond donors (Lipinski definition) is 0. The SMILES string of the molecule is CC1(C)OB(C=C2CCc3cc(Br)ccc3C2)OC1(C)C. The van der Waals surface area contributed by atoms with Crippen molar-refractivity contribution in [1.82, 2.24) is 0 Å². The molecule has 0 atom stereocenters. The number of rotatable bonds is 1. The van der Waals surface area contributed by atoms with Crippen LogP contribution in [-0.2, 0) is 22.2 Å². The first-order chi connectivity index (χ1) is 9.77. The molecule has 4 heteroatoms. The molecule has 0 saturated carbocycles. The zero-order chi connectivity index (χ0) is 15.3. The van der Waals surface area contributed by atoms with Gasteiger partial charge in [0.15, 0.2) is 0 Å². The fourth-order valence-electron chi connectivity index (χ4n) is 2.92. The van der Waals surface area contributed by atoms with Gasteiger partial charge in [-0.1, -0.05) is 33.5 Å². The Kier molecular flexibility index (Phi) is 3.83. The summed E-state index contributed by atoms with van der Waals surface area (Å²) in [5, 5.41) is 0. The number of fused-ring (bicyclic) bond motifs is 1. The van der Waals surface area contributed by atoms with Crippen molar-refractivity contribution < 1.29 is 9.31 Å². The second-order valence-electron chi connectivity index (χ2n) is 7.04. The lowest BCUT2D eigenvalue weighted by molar-refractivity contribution is 0.00578. The van der Waals surface area contributed by atoms with Gasteiger partial charge in [0.05, 0.1) is 11.2 Å². The summed E-state index contributed by atoms with van der Waals surface area (Å²) < 4.78 is 13.3. The van der Waals surface area contributed by atoms with Crippen molar-refractivity contribution in [3.8, 4) is 0 Å². The van der Waals surface area contributed by atoms with Gasteiger partial charge in [-0.25, -0.2) is 0 Å². The van der Waals surface area contributed by atoms with E-state index in [0.717, 1.165) is 19.3 Å². The van der Waals surface area contributed by atoms with Gasteiger partial charge < -0.3 is 9.31 Å².